The summed E-state index contributed by atoms with van der Waals surface area (Å²) in [5.41, 5.74) is 0.206. The van der Waals surface area contributed by atoms with Crippen LogP contribution in [0.15, 0.2) is 23.1 Å². The van der Waals surface area contributed by atoms with E-state index in [1.165, 1.54) is 12.3 Å². The van der Waals surface area contributed by atoms with E-state index in [0.29, 0.717) is 24.6 Å². The van der Waals surface area contributed by atoms with Crippen LogP contribution in [0.5, 0.6) is 0 Å². The van der Waals surface area contributed by atoms with Gasteiger partial charge in [-0.2, -0.15) is 0 Å². The molecule has 88 valence electrons. The third-order valence-corrected chi connectivity index (χ3v) is 2.28. The first-order valence-electron chi connectivity index (χ1n) is 5.52. The number of hydrogen-bond donors (Lipinski definition) is 1. The fourth-order valence-electron chi connectivity index (χ4n) is 1.56. The molecule has 1 aromatic heterocycles. The lowest BCUT2D eigenvalue weighted by atomic mass is 10.1. The molecule has 0 aromatic carbocycles. The van der Waals surface area contributed by atoms with E-state index in [2.05, 4.69) is 18.8 Å². The lowest BCUT2D eigenvalue weighted by Crippen LogP contribution is -2.34. The average molecular weight is 222 g/mol. The van der Waals surface area contributed by atoms with Crippen molar-refractivity contribution in [2.75, 3.05) is 13.1 Å². The summed E-state index contributed by atoms with van der Waals surface area (Å²) in [7, 11) is 0. The van der Waals surface area contributed by atoms with Crippen molar-refractivity contribution in [3.63, 3.8) is 0 Å². The molecule has 1 heterocycles. The number of aromatic nitrogens is 1. The Morgan fingerprint density at radius 2 is 2.19 bits per heavy atom. The molecular formula is C12H18N2O2. The standard InChI is InChI=1S/C12H18N2O2/c1-4-14(8-9(2)3)12(16)10-5-6-13-11(15)7-10/h5-7,9H,4,8H2,1-3H3,(H,13,15). The highest BCUT2D eigenvalue weighted by Crippen LogP contribution is 2.05. The monoisotopic (exact) mass is 222 g/mol. The number of nitrogens with zero attached hydrogens (tertiary/aromatic N) is 1. The lowest BCUT2D eigenvalue weighted by Gasteiger charge is -2.22. The lowest BCUT2D eigenvalue weighted by molar-refractivity contribution is 0.0745. The van der Waals surface area contributed by atoms with Crippen molar-refractivity contribution in [2.24, 2.45) is 5.92 Å². The van der Waals surface area contributed by atoms with Crippen LogP contribution < -0.4 is 5.56 Å². The second-order valence-electron chi connectivity index (χ2n) is 4.18. The van der Waals surface area contributed by atoms with Gasteiger partial charge in [-0.05, 0) is 18.9 Å². The minimum atomic E-state index is -0.244. The number of hydrogen-bond acceptors (Lipinski definition) is 2. The smallest absolute Gasteiger partial charge is 0.254 e. The minimum Gasteiger partial charge on any atom is -0.339 e. The van der Waals surface area contributed by atoms with Gasteiger partial charge in [-0.25, -0.2) is 0 Å². The number of nitrogens with one attached hydrogen (secondary N) is 1. The minimum absolute atomic E-state index is 0.0812. The van der Waals surface area contributed by atoms with Crippen molar-refractivity contribution in [2.45, 2.75) is 20.8 Å². The molecule has 0 aliphatic carbocycles. The summed E-state index contributed by atoms with van der Waals surface area (Å²) in [6, 6.07) is 2.97. The van der Waals surface area contributed by atoms with Crippen LogP contribution in [0.1, 0.15) is 31.1 Å². The van der Waals surface area contributed by atoms with Crippen LogP contribution in [0.2, 0.25) is 0 Å². The molecule has 0 saturated heterocycles. The molecular weight excluding hydrogens is 204 g/mol. The van der Waals surface area contributed by atoms with Crippen LogP contribution >= 0.6 is 0 Å². The van der Waals surface area contributed by atoms with Gasteiger partial charge in [-0.3, -0.25) is 9.59 Å². The van der Waals surface area contributed by atoms with Gasteiger partial charge in [0.2, 0.25) is 5.56 Å². The van der Waals surface area contributed by atoms with Gasteiger partial charge in [0.1, 0.15) is 0 Å². The molecule has 0 unspecified atom stereocenters. The first-order chi connectivity index (χ1) is 7.54. The molecule has 0 fully saturated rings. The molecule has 0 aliphatic heterocycles. The van der Waals surface area contributed by atoms with Crippen molar-refractivity contribution < 1.29 is 4.79 Å². The fraction of sp³-hybridized carbons (Fsp3) is 0.500. The third kappa shape index (κ3) is 3.22. The van der Waals surface area contributed by atoms with E-state index in [-0.39, 0.29) is 11.5 Å². The van der Waals surface area contributed by atoms with Gasteiger partial charge in [0, 0.05) is 30.9 Å². The van der Waals surface area contributed by atoms with Crippen molar-refractivity contribution in [3.05, 3.63) is 34.2 Å². The maximum absolute atomic E-state index is 12.0. The Morgan fingerprint density at radius 1 is 1.50 bits per heavy atom. The van der Waals surface area contributed by atoms with E-state index in [4.69, 9.17) is 0 Å². The second kappa shape index (κ2) is 5.49. The van der Waals surface area contributed by atoms with Gasteiger partial charge in [-0.15, -0.1) is 0 Å². The van der Waals surface area contributed by atoms with E-state index in [0.717, 1.165) is 0 Å². The molecule has 4 nitrogen and oxygen atoms in total. The van der Waals surface area contributed by atoms with Gasteiger partial charge in [-0.1, -0.05) is 13.8 Å². The number of amides is 1. The SMILES string of the molecule is CCN(CC(C)C)C(=O)c1cc[nH]c(=O)c1. The molecule has 1 amide bonds. The van der Waals surface area contributed by atoms with Crippen molar-refractivity contribution in [1.82, 2.24) is 9.88 Å². The number of pyridine rings is 1. The van der Waals surface area contributed by atoms with Gasteiger partial charge < -0.3 is 9.88 Å². The molecule has 0 saturated carbocycles. The summed E-state index contributed by atoms with van der Waals surface area (Å²) in [5.74, 6) is 0.341. The van der Waals surface area contributed by atoms with Gasteiger partial charge in [0.05, 0.1) is 0 Å². The molecule has 1 N–H and O–H groups in total. The van der Waals surface area contributed by atoms with E-state index in [1.54, 1.807) is 11.0 Å². The Hall–Kier alpha value is -1.58. The topological polar surface area (TPSA) is 53.2 Å². The highest BCUT2D eigenvalue weighted by atomic mass is 16.2. The normalized spacial score (nSPS) is 10.5. The van der Waals surface area contributed by atoms with Crippen molar-refractivity contribution in [1.29, 1.82) is 0 Å². The van der Waals surface area contributed by atoms with Gasteiger partial charge in [0.25, 0.3) is 5.91 Å². The molecule has 1 aromatic rings. The van der Waals surface area contributed by atoms with Crippen LogP contribution in [0.3, 0.4) is 0 Å². The van der Waals surface area contributed by atoms with E-state index >= 15 is 0 Å². The predicted octanol–water partition coefficient (Wildman–Crippen LogP) is 1.49. The maximum Gasteiger partial charge on any atom is 0.254 e. The summed E-state index contributed by atoms with van der Waals surface area (Å²) in [6.45, 7) is 7.43. The first-order valence-corrected chi connectivity index (χ1v) is 5.52. The van der Waals surface area contributed by atoms with Crippen LogP contribution in [0.25, 0.3) is 0 Å². The molecule has 4 heteroatoms. The number of carbonyl (C=O) groups excluding carboxylic acids is 1. The Labute approximate surface area is 95.3 Å². The summed E-state index contributed by atoms with van der Waals surface area (Å²) in [5, 5.41) is 0. The van der Waals surface area contributed by atoms with Crippen LogP contribution in [-0.2, 0) is 0 Å². The Kier molecular flexibility index (Phi) is 4.28. The second-order valence-corrected chi connectivity index (χ2v) is 4.18. The fourth-order valence-corrected chi connectivity index (χ4v) is 1.56. The first kappa shape index (κ1) is 12.5. The summed E-state index contributed by atoms with van der Waals surface area (Å²) in [6.07, 6.45) is 1.50. The average Bonchev–Trinajstić information content (AvgIpc) is 2.24. The molecule has 1 rings (SSSR count). The quantitative estimate of drug-likeness (QED) is 0.839. The highest BCUT2D eigenvalue weighted by molar-refractivity contribution is 5.94. The van der Waals surface area contributed by atoms with Crippen LogP contribution in [0, 0.1) is 5.92 Å². The number of aromatic amines is 1. The predicted molar refractivity (Wildman–Crippen MR) is 63.5 cm³/mol. The highest BCUT2D eigenvalue weighted by Gasteiger charge is 2.15. The van der Waals surface area contributed by atoms with Crippen LogP contribution in [-0.4, -0.2) is 28.9 Å². The number of rotatable bonds is 4. The summed E-state index contributed by atoms with van der Waals surface area (Å²) < 4.78 is 0. The largest absolute Gasteiger partial charge is 0.339 e. The molecule has 0 spiro atoms. The Morgan fingerprint density at radius 3 is 2.69 bits per heavy atom. The Bertz CT molecular complexity index is 409. The summed E-state index contributed by atoms with van der Waals surface area (Å²) >= 11 is 0. The zero-order chi connectivity index (χ0) is 12.1. The zero-order valence-electron chi connectivity index (χ0n) is 9.99. The molecule has 16 heavy (non-hydrogen) atoms. The molecule has 0 atom stereocenters. The van der Waals surface area contributed by atoms with E-state index in [9.17, 15) is 9.59 Å². The maximum atomic E-state index is 12.0. The number of carbonyl (C=O) groups is 1. The molecule has 0 radical (unpaired) electrons. The molecule has 0 aliphatic rings. The number of H-pyrrole nitrogens is 1. The van der Waals surface area contributed by atoms with E-state index in [1.807, 2.05) is 6.92 Å². The van der Waals surface area contributed by atoms with Gasteiger partial charge in [0.15, 0.2) is 0 Å². The Balaban J connectivity index is 2.87. The van der Waals surface area contributed by atoms with E-state index < -0.39 is 0 Å². The van der Waals surface area contributed by atoms with Crippen molar-refractivity contribution >= 4 is 5.91 Å². The third-order valence-electron chi connectivity index (χ3n) is 2.28. The molecule has 0 bridgehead atoms. The summed E-state index contributed by atoms with van der Waals surface area (Å²) in [4.78, 5) is 27.4. The van der Waals surface area contributed by atoms with Gasteiger partial charge >= 0.3 is 0 Å². The van der Waals surface area contributed by atoms with Crippen LogP contribution in [0.4, 0.5) is 0 Å². The van der Waals surface area contributed by atoms with Crippen molar-refractivity contribution in [3.8, 4) is 0 Å². The zero-order valence-corrected chi connectivity index (χ0v) is 9.99.